The standard InChI is InChI=1S/C29H26N2O8/c1-31(2)19-11-14(7-6-13-4-3-5-17(32)8-13)24(34)22-18(19)10-15-9-16-12-20(33)23(28(30)38)27(37)29(16,39)26(36)21(15)25(22)35/h3-5,8,11,15-16,32,34-35,37,39H,9-10,12H2,1-2H3,(H2,30,38)/t15-,16+,29+/m1/s1. The van der Waals surface area contributed by atoms with Crippen molar-refractivity contribution >= 4 is 28.9 Å². The van der Waals surface area contributed by atoms with Gasteiger partial charge in [-0.2, -0.15) is 0 Å². The number of benzene rings is 2. The number of aliphatic hydroxyl groups is 3. The van der Waals surface area contributed by atoms with Crippen LogP contribution >= 0.6 is 0 Å². The second-order valence-electron chi connectivity index (χ2n) is 10.2. The van der Waals surface area contributed by atoms with Crippen LogP contribution in [0, 0.1) is 23.7 Å². The maximum Gasteiger partial charge on any atom is 0.255 e. The molecule has 1 fully saturated rings. The fourth-order valence-electron chi connectivity index (χ4n) is 5.89. The number of phenolic OH excluding ortho intramolecular Hbond substituents is 2. The van der Waals surface area contributed by atoms with Gasteiger partial charge in [-0.3, -0.25) is 14.4 Å². The van der Waals surface area contributed by atoms with E-state index in [1.54, 1.807) is 37.2 Å². The number of rotatable bonds is 2. The number of aromatic hydroxyl groups is 2. The Morgan fingerprint density at radius 1 is 1.08 bits per heavy atom. The number of Topliss-reactive ketones (excluding diaryl/α,β-unsaturated/α-hetero) is 2. The molecule has 0 radical (unpaired) electrons. The normalized spacial score (nSPS) is 23.9. The zero-order valence-electron chi connectivity index (χ0n) is 21.1. The molecule has 0 spiro atoms. The number of hydrogen-bond acceptors (Lipinski definition) is 9. The third-order valence-electron chi connectivity index (χ3n) is 7.71. The van der Waals surface area contributed by atoms with Gasteiger partial charge in [-0.05, 0) is 48.6 Å². The van der Waals surface area contributed by atoms with Gasteiger partial charge in [0.1, 0.15) is 28.6 Å². The van der Waals surface area contributed by atoms with Gasteiger partial charge in [0.2, 0.25) is 5.78 Å². The van der Waals surface area contributed by atoms with Crippen LogP contribution in [-0.2, 0) is 20.8 Å². The van der Waals surface area contributed by atoms with Crippen molar-refractivity contribution in [1.82, 2.24) is 0 Å². The lowest BCUT2D eigenvalue weighted by Gasteiger charge is -2.46. The summed E-state index contributed by atoms with van der Waals surface area (Å²) in [5.74, 6) is -1.11. The number of ketones is 2. The SMILES string of the molecule is CN(C)c1cc(C#Cc2cccc(O)c2)c(O)c2c1C[C@H]1C[C@H]3CC(=O)C(C(N)=O)=C(O)[C@@]3(O)C(=O)C1=C2O. The molecule has 3 atom stereocenters. The second kappa shape index (κ2) is 8.92. The number of amides is 1. The van der Waals surface area contributed by atoms with E-state index in [-0.39, 0.29) is 47.5 Å². The monoisotopic (exact) mass is 530 g/mol. The molecule has 7 N–H and O–H groups in total. The summed E-state index contributed by atoms with van der Waals surface area (Å²) < 4.78 is 0. The van der Waals surface area contributed by atoms with Gasteiger partial charge in [0.15, 0.2) is 11.4 Å². The highest BCUT2D eigenvalue weighted by molar-refractivity contribution is 6.22. The number of phenols is 2. The molecular formula is C29H26N2O8. The lowest BCUT2D eigenvalue weighted by Crippen LogP contribution is -2.58. The summed E-state index contributed by atoms with van der Waals surface area (Å²) in [4.78, 5) is 39.8. The summed E-state index contributed by atoms with van der Waals surface area (Å²) >= 11 is 0. The molecule has 10 nitrogen and oxygen atoms in total. The van der Waals surface area contributed by atoms with Crippen molar-refractivity contribution in [3.8, 4) is 23.3 Å². The zero-order valence-corrected chi connectivity index (χ0v) is 21.1. The highest BCUT2D eigenvalue weighted by atomic mass is 16.3. The first kappa shape index (κ1) is 25.9. The topological polar surface area (TPSA) is 182 Å². The van der Waals surface area contributed by atoms with E-state index in [1.165, 1.54) is 12.1 Å². The average Bonchev–Trinajstić information content (AvgIpc) is 2.85. The Kier molecular flexibility index (Phi) is 5.92. The molecule has 200 valence electrons. The molecule has 3 aliphatic rings. The predicted octanol–water partition coefficient (Wildman–Crippen LogP) is 1.60. The van der Waals surface area contributed by atoms with Crippen molar-refractivity contribution in [3.63, 3.8) is 0 Å². The fourth-order valence-corrected chi connectivity index (χ4v) is 5.89. The number of aliphatic hydroxyl groups excluding tert-OH is 2. The van der Waals surface area contributed by atoms with Gasteiger partial charge in [-0.25, -0.2) is 0 Å². The van der Waals surface area contributed by atoms with Crippen LogP contribution < -0.4 is 10.6 Å². The highest BCUT2D eigenvalue weighted by Crippen LogP contribution is 2.53. The zero-order chi connectivity index (χ0) is 28.4. The van der Waals surface area contributed by atoms with Crippen LogP contribution in [0.15, 0.2) is 47.2 Å². The molecule has 1 saturated carbocycles. The molecule has 2 aromatic rings. The Morgan fingerprint density at radius 3 is 2.44 bits per heavy atom. The molecule has 2 aromatic carbocycles. The first-order valence-corrected chi connectivity index (χ1v) is 12.2. The number of carbonyl (C=O) groups is 3. The fraction of sp³-hybridized carbons (Fsp3) is 0.276. The molecule has 1 amide bonds. The van der Waals surface area contributed by atoms with Gasteiger partial charge in [0.25, 0.3) is 5.91 Å². The van der Waals surface area contributed by atoms with Crippen LogP contribution in [-0.4, -0.2) is 62.7 Å². The molecule has 5 rings (SSSR count). The smallest absolute Gasteiger partial charge is 0.255 e. The molecule has 3 aliphatic carbocycles. The van der Waals surface area contributed by atoms with E-state index in [9.17, 15) is 39.9 Å². The van der Waals surface area contributed by atoms with Crippen molar-refractivity contribution in [2.75, 3.05) is 19.0 Å². The summed E-state index contributed by atoms with van der Waals surface area (Å²) in [6.45, 7) is 0. The van der Waals surface area contributed by atoms with Gasteiger partial charge in [0.05, 0.1) is 11.1 Å². The van der Waals surface area contributed by atoms with Gasteiger partial charge < -0.3 is 36.2 Å². The minimum absolute atomic E-state index is 0.0205. The van der Waals surface area contributed by atoms with Gasteiger partial charge >= 0.3 is 0 Å². The maximum absolute atomic E-state index is 13.7. The second-order valence-corrected chi connectivity index (χ2v) is 10.2. The quantitative estimate of drug-likeness (QED) is 0.248. The van der Waals surface area contributed by atoms with Crippen LogP contribution in [0.5, 0.6) is 11.5 Å². The van der Waals surface area contributed by atoms with E-state index >= 15 is 0 Å². The highest BCUT2D eigenvalue weighted by Gasteiger charge is 2.60. The Hall–Kier alpha value is -4.75. The minimum atomic E-state index is -2.62. The van der Waals surface area contributed by atoms with E-state index in [2.05, 4.69) is 11.8 Å². The predicted molar refractivity (Wildman–Crippen MR) is 140 cm³/mol. The van der Waals surface area contributed by atoms with Gasteiger partial charge in [-0.15, -0.1) is 0 Å². The summed E-state index contributed by atoms with van der Waals surface area (Å²) in [5, 5.41) is 54.4. The number of hydrogen-bond donors (Lipinski definition) is 6. The third kappa shape index (κ3) is 3.82. The third-order valence-corrected chi connectivity index (χ3v) is 7.71. The Balaban J connectivity index is 1.70. The summed E-state index contributed by atoms with van der Waals surface area (Å²) in [6.07, 6.45) is -0.136. The average molecular weight is 531 g/mol. The van der Waals surface area contributed by atoms with Crippen molar-refractivity contribution in [2.24, 2.45) is 17.6 Å². The van der Waals surface area contributed by atoms with Crippen LogP contribution in [0.3, 0.4) is 0 Å². The molecule has 0 saturated heterocycles. The summed E-state index contributed by atoms with van der Waals surface area (Å²) in [6, 6.07) is 7.89. The first-order valence-electron chi connectivity index (χ1n) is 12.2. The molecule has 0 unspecified atom stereocenters. The molecule has 0 heterocycles. The molecule has 39 heavy (non-hydrogen) atoms. The Labute approximate surface area is 223 Å². The number of primary amides is 1. The summed E-state index contributed by atoms with van der Waals surface area (Å²) in [5.41, 5.74) is 3.32. The van der Waals surface area contributed by atoms with Crippen LogP contribution in [0.25, 0.3) is 5.76 Å². The van der Waals surface area contributed by atoms with Crippen LogP contribution in [0.2, 0.25) is 0 Å². The van der Waals surface area contributed by atoms with Crippen molar-refractivity contribution < 1.29 is 39.9 Å². The van der Waals surface area contributed by atoms with Gasteiger partial charge in [0, 0.05) is 43.3 Å². The molecule has 0 bridgehead atoms. The van der Waals surface area contributed by atoms with Crippen molar-refractivity contribution in [1.29, 1.82) is 0 Å². The van der Waals surface area contributed by atoms with Crippen LogP contribution in [0.4, 0.5) is 5.69 Å². The summed E-state index contributed by atoms with van der Waals surface area (Å²) in [7, 11) is 3.54. The van der Waals surface area contributed by atoms with Gasteiger partial charge in [-0.1, -0.05) is 17.9 Å². The number of fused-ring (bicyclic) bond motifs is 3. The Bertz CT molecular complexity index is 1610. The number of nitrogens with zero attached hydrogens (tertiary/aromatic N) is 1. The van der Waals surface area contributed by atoms with E-state index in [0.29, 0.717) is 16.8 Å². The largest absolute Gasteiger partial charge is 0.508 e. The lowest BCUT2D eigenvalue weighted by molar-refractivity contribution is -0.147. The molecule has 10 heteroatoms. The molecule has 0 aliphatic heterocycles. The number of nitrogens with two attached hydrogens (primary N) is 1. The van der Waals surface area contributed by atoms with Crippen LogP contribution in [0.1, 0.15) is 35.1 Å². The van der Waals surface area contributed by atoms with E-state index in [4.69, 9.17) is 5.73 Å². The van der Waals surface area contributed by atoms with E-state index < -0.39 is 52.0 Å². The number of carbonyl (C=O) groups excluding carboxylic acids is 3. The number of anilines is 1. The first-order chi connectivity index (χ1) is 18.4. The lowest BCUT2D eigenvalue weighted by atomic mass is 9.59. The Morgan fingerprint density at radius 2 is 1.79 bits per heavy atom. The maximum atomic E-state index is 13.7. The van der Waals surface area contributed by atoms with E-state index in [0.717, 1.165) is 0 Å². The molecule has 0 aromatic heterocycles. The van der Waals surface area contributed by atoms with Crippen molar-refractivity contribution in [2.45, 2.75) is 24.9 Å². The van der Waals surface area contributed by atoms with E-state index in [1.807, 2.05) is 0 Å². The minimum Gasteiger partial charge on any atom is -0.508 e. The van der Waals surface area contributed by atoms with Crippen molar-refractivity contribution in [3.05, 3.63) is 69.5 Å². The molecular weight excluding hydrogens is 504 g/mol.